The lowest BCUT2D eigenvalue weighted by molar-refractivity contribution is -0.137. The van der Waals surface area contributed by atoms with E-state index < -0.39 is 23.8 Å². The fraction of sp³-hybridized carbons (Fsp3) is 0.375. The predicted octanol–water partition coefficient (Wildman–Crippen LogP) is 3.41. The summed E-state index contributed by atoms with van der Waals surface area (Å²) in [5, 5.41) is 0. The molecular weight excluding hydrogens is 274 g/mol. The number of carbonyl (C=O) groups excluding carboxylic acids is 2. The van der Waals surface area contributed by atoms with Gasteiger partial charge in [-0.3, -0.25) is 0 Å². The van der Waals surface area contributed by atoms with Crippen molar-refractivity contribution in [1.29, 1.82) is 0 Å². The van der Waals surface area contributed by atoms with Gasteiger partial charge in [0.2, 0.25) is 0 Å². The molecule has 1 atom stereocenters. The molecule has 0 bridgehead atoms. The Hall–Kier alpha value is -2.30. The van der Waals surface area contributed by atoms with Crippen LogP contribution in [-0.4, -0.2) is 24.8 Å². The monoisotopic (exact) mass is 294 g/mol. The maximum absolute atomic E-state index is 11.8. The Bertz CT molecular complexity index is 513. The molecule has 0 aliphatic rings. The fourth-order valence-corrected chi connectivity index (χ4v) is 1.58. The van der Waals surface area contributed by atoms with Crippen molar-refractivity contribution in [2.45, 2.75) is 32.5 Å². The zero-order valence-corrected chi connectivity index (χ0v) is 12.7. The zero-order chi connectivity index (χ0) is 16.0. The van der Waals surface area contributed by atoms with Gasteiger partial charge in [-0.15, -0.1) is 0 Å². The maximum atomic E-state index is 11.8. The van der Waals surface area contributed by atoms with Gasteiger partial charge in [0.05, 0.1) is 12.7 Å². The van der Waals surface area contributed by atoms with Crippen LogP contribution in [0, 0.1) is 0 Å². The summed E-state index contributed by atoms with van der Waals surface area (Å²) in [5.74, 6) is -0.646. The third kappa shape index (κ3) is 5.30. The molecule has 0 spiro atoms. The molecule has 1 aromatic carbocycles. The van der Waals surface area contributed by atoms with Crippen molar-refractivity contribution in [2.24, 2.45) is 0 Å². The second kappa shape index (κ2) is 6.92. The molecule has 0 heterocycles. The van der Waals surface area contributed by atoms with E-state index >= 15 is 0 Å². The highest BCUT2D eigenvalue weighted by atomic mass is 18.3. The van der Waals surface area contributed by atoms with Crippen molar-refractivity contribution in [3.8, 4) is 0 Å². The smallest absolute Gasteiger partial charge is 0.466 e. The minimum Gasteiger partial charge on any atom is -0.466 e. The standard InChI is InChI=1S/C16H20O5/c1-11(14(17)19-5)13(12-9-7-6-8-10-12)20-15(18)21-16(2,3)4/h6-10,13H,1H2,2-5H3/i20+2. The second-order valence-electron chi connectivity index (χ2n) is 5.39. The van der Waals surface area contributed by atoms with E-state index in [-0.39, 0.29) is 5.57 Å². The summed E-state index contributed by atoms with van der Waals surface area (Å²) in [6.45, 7) is 8.81. The molecule has 0 fully saturated rings. The number of carbonyl (C=O) groups is 2. The first kappa shape index (κ1) is 16.8. The molecule has 0 N–H and O–H groups in total. The van der Waals surface area contributed by atoms with Crippen LogP contribution >= 0.6 is 0 Å². The summed E-state index contributed by atoms with van der Waals surface area (Å²) in [6, 6.07) is 8.80. The Morgan fingerprint density at radius 2 is 1.76 bits per heavy atom. The zero-order valence-electron chi connectivity index (χ0n) is 12.7. The van der Waals surface area contributed by atoms with Crippen molar-refractivity contribution in [1.82, 2.24) is 0 Å². The summed E-state index contributed by atoms with van der Waals surface area (Å²) in [6.07, 6.45) is -1.82. The molecule has 0 aromatic heterocycles. The highest BCUT2D eigenvalue weighted by Gasteiger charge is 2.28. The molecule has 0 saturated heterocycles. The van der Waals surface area contributed by atoms with Crippen LogP contribution in [0.3, 0.4) is 0 Å². The van der Waals surface area contributed by atoms with Crippen molar-refractivity contribution in [2.75, 3.05) is 7.11 Å². The molecule has 0 aliphatic carbocycles. The quantitative estimate of drug-likeness (QED) is 0.484. The van der Waals surface area contributed by atoms with E-state index in [9.17, 15) is 9.59 Å². The Balaban J connectivity index is 2.96. The Morgan fingerprint density at radius 1 is 1.19 bits per heavy atom. The number of methoxy groups -OCH3 is 1. The van der Waals surface area contributed by atoms with Gasteiger partial charge in [0.15, 0.2) is 6.10 Å². The minimum atomic E-state index is -0.950. The van der Waals surface area contributed by atoms with Crippen LogP contribution in [0.5, 0.6) is 0 Å². The van der Waals surface area contributed by atoms with Crippen molar-refractivity contribution < 1.29 is 23.8 Å². The molecule has 5 nitrogen and oxygen atoms in total. The van der Waals surface area contributed by atoms with Crippen molar-refractivity contribution in [3.63, 3.8) is 0 Å². The van der Waals surface area contributed by atoms with Crippen LogP contribution in [0.15, 0.2) is 42.5 Å². The van der Waals surface area contributed by atoms with Gasteiger partial charge in [-0.05, 0) is 26.3 Å². The largest absolute Gasteiger partial charge is 0.509 e. The van der Waals surface area contributed by atoms with E-state index in [4.69, 9.17) is 9.47 Å². The lowest BCUT2D eigenvalue weighted by Gasteiger charge is -2.23. The highest BCUT2D eigenvalue weighted by molar-refractivity contribution is 5.89. The SMILES string of the molecule is C=C(C(=O)OC)C([18O]C(=O)OC(C)(C)C)c1ccccc1. The number of esters is 1. The first-order valence-corrected chi connectivity index (χ1v) is 6.46. The summed E-state index contributed by atoms with van der Waals surface area (Å²) in [5.41, 5.74) is -0.0569. The average Bonchev–Trinajstić information content (AvgIpc) is 2.42. The van der Waals surface area contributed by atoms with E-state index in [1.165, 1.54) is 7.11 Å². The van der Waals surface area contributed by atoms with Crippen LogP contribution < -0.4 is 0 Å². The lowest BCUT2D eigenvalue weighted by atomic mass is 10.0. The van der Waals surface area contributed by atoms with Gasteiger partial charge >= 0.3 is 12.1 Å². The van der Waals surface area contributed by atoms with E-state index in [0.717, 1.165) is 0 Å². The first-order valence-electron chi connectivity index (χ1n) is 6.46. The van der Waals surface area contributed by atoms with Gasteiger partial charge in [-0.25, -0.2) is 9.59 Å². The van der Waals surface area contributed by atoms with E-state index in [2.05, 4.69) is 11.3 Å². The van der Waals surface area contributed by atoms with Crippen LogP contribution in [0.2, 0.25) is 0 Å². The fourth-order valence-electron chi connectivity index (χ4n) is 1.58. The number of hydrogen-bond donors (Lipinski definition) is 0. The molecule has 0 radical (unpaired) electrons. The average molecular weight is 294 g/mol. The maximum Gasteiger partial charge on any atom is 0.509 e. The molecule has 5 heteroatoms. The molecule has 114 valence electrons. The molecular formula is C16H20O5. The molecule has 0 saturated carbocycles. The van der Waals surface area contributed by atoms with E-state index in [1.807, 2.05) is 6.07 Å². The number of benzene rings is 1. The van der Waals surface area contributed by atoms with Crippen LogP contribution in [0.4, 0.5) is 4.79 Å². The van der Waals surface area contributed by atoms with Crippen molar-refractivity contribution in [3.05, 3.63) is 48.0 Å². The van der Waals surface area contributed by atoms with Crippen LogP contribution in [-0.2, 0) is 19.0 Å². The third-order valence-corrected chi connectivity index (χ3v) is 2.47. The molecule has 1 unspecified atom stereocenters. The van der Waals surface area contributed by atoms with E-state index in [1.54, 1.807) is 45.0 Å². The van der Waals surface area contributed by atoms with E-state index in [0.29, 0.717) is 5.56 Å². The van der Waals surface area contributed by atoms with Crippen molar-refractivity contribution >= 4 is 12.1 Å². The van der Waals surface area contributed by atoms with Gasteiger partial charge in [-0.2, -0.15) is 0 Å². The van der Waals surface area contributed by atoms with Crippen LogP contribution in [0.1, 0.15) is 32.4 Å². The van der Waals surface area contributed by atoms with Crippen LogP contribution in [0.25, 0.3) is 0 Å². The highest BCUT2D eigenvalue weighted by Crippen LogP contribution is 2.26. The van der Waals surface area contributed by atoms with Gasteiger partial charge in [-0.1, -0.05) is 36.9 Å². The molecule has 1 aromatic rings. The topological polar surface area (TPSA) is 61.8 Å². The summed E-state index contributed by atoms with van der Waals surface area (Å²) < 4.78 is 15.0. The number of rotatable bonds is 4. The Morgan fingerprint density at radius 3 is 2.24 bits per heavy atom. The van der Waals surface area contributed by atoms with Gasteiger partial charge in [0, 0.05) is 0 Å². The lowest BCUT2D eigenvalue weighted by Crippen LogP contribution is -2.27. The molecule has 1 rings (SSSR count). The summed E-state index contributed by atoms with van der Waals surface area (Å²) in [7, 11) is 1.24. The second-order valence-corrected chi connectivity index (χ2v) is 5.39. The summed E-state index contributed by atoms with van der Waals surface area (Å²) in [4.78, 5) is 23.5. The molecule has 0 aliphatic heterocycles. The predicted molar refractivity (Wildman–Crippen MR) is 77.7 cm³/mol. The Kier molecular flexibility index (Phi) is 5.52. The minimum absolute atomic E-state index is 0.0227. The van der Waals surface area contributed by atoms with Gasteiger partial charge in [0.25, 0.3) is 0 Å². The third-order valence-electron chi connectivity index (χ3n) is 2.47. The summed E-state index contributed by atoms with van der Waals surface area (Å²) >= 11 is 0. The number of hydrogen-bond acceptors (Lipinski definition) is 5. The van der Waals surface area contributed by atoms with Gasteiger partial charge in [0.1, 0.15) is 5.60 Å². The molecule has 21 heavy (non-hydrogen) atoms. The number of ether oxygens (including phenoxy) is 3. The normalized spacial score (nSPS) is 12.2. The Labute approximate surface area is 124 Å². The first-order chi connectivity index (χ1) is 9.74. The van der Waals surface area contributed by atoms with Gasteiger partial charge < -0.3 is 14.2 Å². The molecule has 0 amide bonds.